The van der Waals surface area contributed by atoms with Gasteiger partial charge in [-0.1, -0.05) is 30.4 Å². The number of thiocarbonyl (C=S) groups is 1. The molecule has 1 aliphatic heterocycles. The van der Waals surface area contributed by atoms with E-state index in [1.54, 1.807) is 0 Å². The van der Waals surface area contributed by atoms with Crippen molar-refractivity contribution >= 4 is 46.3 Å². The molecule has 0 bridgehead atoms. The lowest BCUT2D eigenvalue weighted by molar-refractivity contribution is -0.140. The van der Waals surface area contributed by atoms with Gasteiger partial charge in [0.15, 0.2) is 11.6 Å². The molecule has 1 N–H and O–H groups in total. The quantitative estimate of drug-likeness (QED) is 0.203. The number of carboxylic acids is 1. The molecule has 2 aromatic rings. The zero-order valence-electron chi connectivity index (χ0n) is 16.7. The second kappa shape index (κ2) is 10.0. The van der Waals surface area contributed by atoms with E-state index in [-0.39, 0.29) is 34.3 Å². The average Bonchev–Trinajstić information content (AvgIpc) is 3.28. The summed E-state index contributed by atoms with van der Waals surface area (Å²) >= 11 is 6.22. The number of rotatable bonds is 8. The smallest absolute Gasteiger partial charge is 0.419 e. The number of alkyl halides is 3. The lowest BCUT2D eigenvalue weighted by atomic mass is 10.1. The number of carboxylic acid groups (broad SMARTS) is 1. The SMILES string of the molecule is O=C(O)CCCCCN1C(=O)/C(=C/c2ccc(-c3cc(F)c(F)c(C(F)(F)F)c3)o2)SC1=S. The molecule has 0 spiro atoms. The van der Waals surface area contributed by atoms with Crippen molar-refractivity contribution in [1.29, 1.82) is 0 Å². The molecule has 3 rings (SSSR count). The first-order valence-corrected chi connectivity index (χ1v) is 10.8. The molecule has 1 aliphatic rings. The minimum atomic E-state index is -5.09. The Morgan fingerprint density at radius 1 is 1.18 bits per heavy atom. The highest BCUT2D eigenvalue weighted by Crippen LogP contribution is 2.37. The van der Waals surface area contributed by atoms with E-state index in [1.807, 2.05) is 0 Å². The van der Waals surface area contributed by atoms with Gasteiger partial charge >= 0.3 is 12.1 Å². The maximum absolute atomic E-state index is 13.7. The maximum Gasteiger partial charge on any atom is 0.419 e. The zero-order valence-corrected chi connectivity index (χ0v) is 18.4. The van der Waals surface area contributed by atoms with Gasteiger partial charge in [-0.25, -0.2) is 8.78 Å². The summed E-state index contributed by atoms with van der Waals surface area (Å²) in [5.74, 6) is -4.95. The van der Waals surface area contributed by atoms with Gasteiger partial charge < -0.3 is 9.52 Å². The molecule has 0 atom stereocenters. The Morgan fingerprint density at radius 3 is 2.58 bits per heavy atom. The van der Waals surface area contributed by atoms with E-state index in [0.717, 1.165) is 11.8 Å². The number of amides is 1. The summed E-state index contributed by atoms with van der Waals surface area (Å²) in [5.41, 5.74) is -2.06. The number of thioether (sulfide) groups is 1. The van der Waals surface area contributed by atoms with Crippen molar-refractivity contribution in [3.63, 3.8) is 0 Å². The Morgan fingerprint density at radius 2 is 1.91 bits per heavy atom. The number of carbonyl (C=O) groups excluding carboxylic acids is 1. The van der Waals surface area contributed by atoms with Crippen LogP contribution >= 0.6 is 24.0 Å². The van der Waals surface area contributed by atoms with Crippen LogP contribution < -0.4 is 0 Å². The molecule has 1 aromatic carbocycles. The fraction of sp³-hybridized carbons (Fsp3) is 0.286. The van der Waals surface area contributed by atoms with Crippen molar-refractivity contribution in [2.45, 2.75) is 31.9 Å². The van der Waals surface area contributed by atoms with Crippen LogP contribution in [0.25, 0.3) is 17.4 Å². The Kier molecular flexibility index (Phi) is 7.58. The first-order valence-electron chi connectivity index (χ1n) is 9.61. The molecular formula is C21H16F5NO4S2. The molecule has 2 heterocycles. The van der Waals surface area contributed by atoms with E-state index in [9.17, 15) is 31.5 Å². The summed E-state index contributed by atoms with van der Waals surface area (Å²) < 4.78 is 71.8. The topological polar surface area (TPSA) is 70.8 Å². The second-order valence-corrected chi connectivity index (χ2v) is 8.73. The minimum absolute atomic E-state index is 0.0432. The molecule has 0 saturated carbocycles. The van der Waals surface area contributed by atoms with Crippen LogP contribution in [0.5, 0.6) is 0 Å². The van der Waals surface area contributed by atoms with Crippen LogP contribution in [-0.2, 0) is 15.8 Å². The summed E-state index contributed by atoms with van der Waals surface area (Å²) in [6, 6.07) is 3.70. The van der Waals surface area contributed by atoms with Crippen LogP contribution in [0.15, 0.2) is 33.6 Å². The van der Waals surface area contributed by atoms with Gasteiger partial charge in [-0.3, -0.25) is 14.5 Å². The van der Waals surface area contributed by atoms with E-state index in [0.29, 0.717) is 42.3 Å². The van der Waals surface area contributed by atoms with Crippen molar-refractivity contribution in [3.05, 3.63) is 52.1 Å². The standard InChI is InChI=1S/C21H16F5NO4S2/c22-14-9-11(8-13(18(14)23)21(24,25)26)15-6-5-12(31-15)10-16-19(30)27(20(32)33-16)7-3-1-2-4-17(28)29/h5-6,8-10H,1-4,7H2,(H,28,29)/b16-10-. The molecule has 1 amide bonds. The van der Waals surface area contributed by atoms with Gasteiger partial charge in [-0.2, -0.15) is 13.2 Å². The van der Waals surface area contributed by atoms with Gasteiger partial charge in [0.1, 0.15) is 15.8 Å². The molecule has 12 heteroatoms. The van der Waals surface area contributed by atoms with Crippen LogP contribution in [0.3, 0.4) is 0 Å². The normalized spacial score (nSPS) is 15.7. The highest BCUT2D eigenvalue weighted by molar-refractivity contribution is 8.26. The zero-order chi connectivity index (χ0) is 24.3. The lowest BCUT2D eigenvalue weighted by Crippen LogP contribution is -2.29. The molecule has 33 heavy (non-hydrogen) atoms. The summed E-state index contributed by atoms with van der Waals surface area (Å²) in [6.07, 6.45) is -2.03. The van der Waals surface area contributed by atoms with Crippen LogP contribution in [0.4, 0.5) is 22.0 Å². The third-order valence-corrected chi connectivity index (χ3v) is 6.04. The van der Waals surface area contributed by atoms with Crippen molar-refractivity contribution in [1.82, 2.24) is 4.90 Å². The molecule has 176 valence electrons. The van der Waals surface area contributed by atoms with Crippen LogP contribution in [0.2, 0.25) is 0 Å². The first-order chi connectivity index (χ1) is 15.5. The van der Waals surface area contributed by atoms with E-state index in [2.05, 4.69) is 0 Å². The van der Waals surface area contributed by atoms with E-state index >= 15 is 0 Å². The number of halogens is 5. The summed E-state index contributed by atoms with van der Waals surface area (Å²) in [5, 5.41) is 8.64. The number of aliphatic carboxylic acids is 1. The first kappa shape index (κ1) is 24.9. The number of unbranched alkanes of at least 4 members (excludes halogenated alkanes) is 2. The number of benzene rings is 1. The van der Waals surface area contributed by atoms with Crippen LogP contribution in [-0.4, -0.2) is 32.7 Å². The molecule has 1 saturated heterocycles. The monoisotopic (exact) mass is 505 g/mol. The Bertz CT molecular complexity index is 1130. The Hall–Kier alpha value is -2.73. The van der Waals surface area contributed by atoms with Crippen molar-refractivity contribution in [2.24, 2.45) is 0 Å². The second-order valence-electron chi connectivity index (χ2n) is 7.06. The van der Waals surface area contributed by atoms with Crippen LogP contribution in [0, 0.1) is 11.6 Å². The van der Waals surface area contributed by atoms with Crippen molar-refractivity contribution in [2.75, 3.05) is 6.54 Å². The highest BCUT2D eigenvalue weighted by atomic mass is 32.2. The van der Waals surface area contributed by atoms with Gasteiger partial charge in [-0.15, -0.1) is 0 Å². The van der Waals surface area contributed by atoms with Crippen molar-refractivity contribution < 1.29 is 41.1 Å². The van der Waals surface area contributed by atoms with Crippen LogP contribution in [0.1, 0.15) is 37.0 Å². The van der Waals surface area contributed by atoms with Gasteiger partial charge in [0, 0.05) is 24.6 Å². The largest absolute Gasteiger partial charge is 0.481 e. The fourth-order valence-electron chi connectivity index (χ4n) is 3.07. The molecule has 5 nitrogen and oxygen atoms in total. The predicted molar refractivity (Wildman–Crippen MR) is 115 cm³/mol. The molecule has 1 fully saturated rings. The summed E-state index contributed by atoms with van der Waals surface area (Å²) in [7, 11) is 0. The molecule has 0 unspecified atom stereocenters. The van der Waals surface area contributed by atoms with Gasteiger partial charge in [0.05, 0.1) is 10.5 Å². The van der Waals surface area contributed by atoms with E-state index in [4.69, 9.17) is 21.7 Å². The fourth-order valence-corrected chi connectivity index (χ4v) is 4.36. The summed E-state index contributed by atoms with van der Waals surface area (Å²) in [4.78, 5) is 24.7. The Balaban J connectivity index is 1.73. The number of furan rings is 1. The van der Waals surface area contributed by atoms with Gasteiger partial charge in [0.2, 0.25) is 0 Å². The number of carbonyl (C=O) groups is 2. The average molecular weight is 505 g/mol. The van der Waals surface area contributed by atoms with Crippen molar-refractivity contribution in [3.8, 4) is 11.3 Å². The Labute approximate surface area is 194 Å². The summed E-state index contributed by atoms with van der Waals surface area (Å²) in [6.45, 7) is 0.320. The third kappa shape index (κ3) is 5.99. The highest BCUT2D eigenvalue weighted by Gasteiger charge is 2.36. The van der Waals surface area contributed by atoms with Gasteiger partial charge in [-0.05, 0) is 37.1 Å². The number of hydrogen-bond acceptors (Lipinski definition) is 5. The molecule has 0 aliphatic carbocycles. The lowest BCUT2D eigenvalue weighted by Gasteiger charge is -2.13. The number of nitrogens with zero attached hydrogens (tertiary/aromatic N) is 1. The third-order valence-electron chi connectivity index (χ3n) is 4.66. The minimum Gasteiger partial charge on any atom is -0.481 e. The molecular weight excluding hydrogens is 489 g/mol. The number of hydrogen-bond donors (Lipinski definition) is 1. The van der Waals surface area contributed by atoms with E-state index < -0.39 is 29.3 Å². The molecule has 0 radical (unpaired) electrons. The predicted octanol–water partition coefficient (Wildman–Crippen LogP) is 6.09. The van der Waals surface area contributed by atoms with Gasteiger partial charge in [0.25, 0.3) is 5.91 Å². The molecule has 1 aromatic heterocycles. The maximum atomic E-state index is 13.7. The van der Waals surface area contributed by atoms with E-state index in [1.165, 1.54) is 23.1 Å².